The van der Waals surface area contributed by atoms with Crippen molar-refractivity contribution in [3.05, 3.63) is 77.9 Å². The quantitative estimate of drug-likeness (QED) is 0.432. The van der Waals surface area contributed by atoms with Crippen LogP contribution in [0.2, 0.25) is 0 Å². The number of rotatable bonds is 11. The Morgan fingerprint density at radius 2 is 1.71 bits per heavy atom. The van der Waals surface area contributed by atoms with Gasteiger partial charge in [-0.2, -0.15) is 0 Å². The normalized spacial score (nSPS) is 13.2. The number of hydrogen-bond donors (Lipinski definition) is 1. The number of benzene rings is 3. The molecule has 0 radical (unpaired) electrons. The number of nitrogens with zero attached hydrogens (tertiary/aromatic N) is 2. The summed E-state index contributed by atoms with van der Waals surface area (Å²) in [7, 11) is 0. The highest BCUT2D eigenvalue weighted by Gasteiger charge is 2.31. The molecule has 3 aromatic carbocycles. The van der Waals surface area contributed by atoms with Crippen molar-refractivity contribution in [2.45, 2.75) is 52.1 Å². The Labute approximate surface area is 206 Å². The minimum absolute atomic E-state index is 0.0178. The summed E-state index contributed by atoms with van der Waals surface area (Å²) in [6, 6.07) is 20.9. The number of carbonyl (C=O) groups excluding carboxylic acids is 3. The predicted octanol–water partition coefficient (Wildman–Crippen LogP) is 4.91. The molecule has 1 aliphatic heterocycles. The third-order valence-electron chi connectivity index (χ3n) is 6.55. The minimum atomic E-state index is -0.527. The molecular weight excluding hydrogens is 438 g/mol. The summed E-state index contributed by atoms with van der Waals surface area (Å²) in [5, 5.41) is 4.97. The van der Waals surface area contributed by atoms with Gasteiger partial charge in [0.25, 0.3) is 5.91 Å². The number of carbonyl (C=O) groups is 3. The third-order valence-corrected chi connectivity index (χ3v) is 6.55. The summed E-state index contributed by atoms with van der Waals surface area (Å²) < 4.78 is 0. The lowest BCUT2D eigenvalue weighted by molar-refractivity contribution is -0.141. The first-order valence-corrected chi connectivity index (χ1v) is 12.5. The molecule has 35 heavy (non-hydrogen) atoms. The van der Waals surface area contributed by atoms with Crippen LogP contribution in [0.3, 0.4) is 0 Å². The van der Waals surface area contributed by atoms with Crippen molar-refractivity contribution < 1.29 is 14.4 Å². The number of amides is 3. The Morgan fingerprint density at radius 1 is 0.971 bits per heavy atom. The molecular formula is C29H33N3O3. The molecule has 0 saturated carbocycles. The second kappa shape index (κ2) is 11.2. The highest BCUT2D eigenvalue weighted by Crippen LogP contribution is 2.37. The van der Waals surface area contributed by atoms with Gasteiger partial charge in [-0.15, -0.1) is 0 Å². The fraction of sp³-hybridized carbons (Fsp3) is 0.345. The van der Waals surface area contributed by atoms with Crippen molar-refractivity contribution >= 4 is 34.2 Å². The van der Waals surface area contributed by atoms with Gasteiger partial charge in [0, 0.05) is 37.0 Å². The van der Waals surface area contributed by atoms with E-state index in [9.17, 15) is 14.4 Å². The maximum absolute atomic E-state index is 13.4. The van der Waals surface area contributed by atoms with Gasteiger partial charge in [-0.05, 0) is 42.3 Å². The molecule has 1 aliphatic rings. The molecule has 6 nitrogen and oxygen atoms in total. The van der Waals surface area contributed by atoms with Gasteiger partial charge in [0.2, 0.25) is 11.8 Å². The summed E-state index contributed by atoms with van der Waals surface area (Å²) in [6.07, 6.45) is 2.16. The van der Waals surface area contributed by atoms with E-state index in [0.717, 1.165) is 28.4 Å². The summed E-state index contributed by atoms with van der Waals surface area (Å²) in [5.74, 6) is -0.207. The van der Waals surface area contributed by atoms with Gasteiger partial charge < -0.3 is 15.1 Å². The molecule has 0 unspecified atom stereocenters. The van der Waals surface area contributed by atoms with Crippen molar-refractivity contribution in [1.82, 2.24) is 10.2 Å². The molecule has 6 heteroatoms. The Balaban J connectivity index is 1.46. The smallest absolute Gasteiger partial charge is 0.258 e. The number of anilines is 1. The van der Waals surface area contributed by atoms with Crippen LogP contribution in [0.25, 0.3) is 10.8 Å². The molecule has 182 valence electrons. The van der Waals surface area contributed by atoms with Crippen molar-refractivity contribution in [3.8, 4) is 0 Å². The summed E-state index contributed by atoms with van der Waals surface area (Å²) in [5.41, 5.74) is 2.61. The van der Waals surface area contributed by atoms with Gasteiger partial charge in [0.05, 0.1) is 5.69 Å². The van der Waals surface area contributed by atoms with E-state index in [-0.39, 0.29) is 24.1 Å². The third kappa shape index (κ3) is 5.21. The molecule has 0 spiro atoms. The lowest BCUT2D eigenvalue weighted by atomic mass is 10.1. The first kappa shape index (κ1) is 24.5. The van der Waals surface area contributed by atoms with Crippen molar-refractivity contribution in [1.29, 1.82) is 0 Å². The molecule has 1 heterocycles. The van der Waals surface area contributed by atoms with E-state index in [2.05, 4.69) is 5.32 Å². The largest absolute Gasteiger partial charge is 0.354 e. The van der Waals surface area contributed by atoms with Crippen LogP contribution >= 0.6 is 0 Å². The zero-order chi connectivity index (χ0) is 24.8. The summed E-state index contributed by atoms with van der Waals surface area (Å²) in [4.78, 5) is 42.8. The molecule has 1 N–H and O–H groups in total. The first-order chi connectivity index (χ1) is 17.0. The molecule has 0 aliphatic carbocycles. The van der Waals surface area contributed by atoms with E-state index >= 15 is 0 Å². The van der Waals surface area contributed by atoms with Gasteiger partial charge in [-0.25, -0.2) is 0 Å². The van der Waals surface area contributed by atoms with Crippen LogP contribution in [0.15, 0.2) is 66.7 Å². The van der Waals surface area contributed by atoms with E-state index in [1.807, 2.05) is 80.6 Å². The SMILES string of the molecule is CCCNC(=O)[C@H](CC)N(Cc1ccccc1)C(=O)CCCN1C(=O)c2cccc3cccc1c23. The number of nitrogens with one attached hydrogen (secondary N) is 1. The average molecular weight is 472 g/mol. The predicted molar refractivity (Wildman–Crippen MR) is 139 cm³/mol. The highest BCUT2D eigenvalue weighted by molar-refractivity contribution is 6.25. The van der Waals surface area contributed by atoms with E-state index in [4.69, 9.17) is 0 Å². The van der Waals surface area contributed by atoms with E-state index in [0.29, 0.717) is 38.0 Å². The van der Waals surface area contributed by atoms with Crippen LogP contribution in [-0.4, -0.2) is 41.8 Å². The summed E-state index contributed by atoms with van der Waals surface area (Å²) in [6.45, 7) is 5.36. The van der Waals surface area contributed by atoms with Crippen molar-refractivity contribution in [2.75, 3.05) is 18.0 Å². The topological polar surface area (TPSA) is 69.7 Å². The van der Waals surface area contributed by atoms with Crippen LogP contribution in [0.5, 0.6) is 0 Å². The van der Waals surface area contributed by atoms with Crippen LogP contribution in [0.1, 0.15) is 55.5 Å². The monoisotopic (exact) mass is 471 g/mol. The second-order valence-corrected chi connectivity index (χ2v) is 8.96. The zero-order valence-electron chi connectivity index (χ0n) is 20.5. The molecule has 3 aromatic rings. The molecule has 1 atom stereocenters. The fourth-order valence-electron chi connectivity index (χ4n) is 4.80. The Morgan fingerprint density at radius 3 is 2.43 bits per heavy atom. The first-order valence-electron chi connectivity index (χ1n) is 12.5. The number of hydrogen-bond acceptors (Lipinski definition) is 3. The van der Waals surface area contributed by atoms with Gasteiger partial charge in [0.1, 0.15) is 6.04 Å². The Kier molecular flexibility index (Phi) is 7.80. The molecule has 0 fully saturated rings. The van der Waals surface area contributed by atoms with Gasteiger partial charge in [-0.3, -0.25) is 14.4 Å². The van der Waals surface area contributed by atoms with Crippen molar-refractivity contribution in [3.63, 3.8) is 0 Å². The molecule has 0 aromatic heterocycles. The van der Waals surface area contributed by atoms with Crippen LogP contribution in [-0.2, 0) is 16.1 Å². The van der Waals surface area contributed by atoms with Crippen LogP contribution < -0.4 is 10.2 Å². The Bertz CT molecular complexity index is 1200. The van der Waals surface area contributed by atoms with E-state index in [1.54, 1.807) is 9.80 Å². The molecule has 0 bridgehead atoms. The maximum atomic E-state index is 13.4. The van der Waals surface area contributed by atoms with E-state index in [1.165, 1.54) is 0 Å². The lowest BCUT2D eigenvalue weighted by Gasteiger charge is -2.31. The van der Waals surface area contributed by atoms with E-state index < -0.39 is 6.04 Å². The highest BCUT2D eigenvalue weighted by atomic mass is 16.2. The van der Waals surface area contributed by atoms with Gasteiger partial charge in [-0.1, -0.05) is 68.4 Å². The lowest BCUT2D eigenvalue weighted by Crippen LogP contribution is -2.49. The fourth-order valence-corrected chi connectivity index (χ4v) is 4.80. The summed E-state index contributed by atoms with van der Waals surface area (Å²) >= 11 is 0. The second-order valence-electron chi connectivity index (χ2n) is 8.96. The Hall–Kier alpha value is -3.67. The van der Waals surface area contributed by atoms with Crippen LogP contribution in [0.4, 0.5) is 5.69 Å². The van der Waals surface area contributed by atoms with Gasteiger partial charge >= 0.3 is 0 Å². The van der Waals surface area contributed by atoms with Crippen LogP contribution in [0, 0.1) is 0 Å². The average Bonchev–Trinajstić information content (AvgIpc) is 3.16. The zero-order valence-corrected chi connectivity index (χ0v) is 20.5. The molecule has 3 amide bonds. The van der Waals surface area contributed by atoms with Crippen molar-refractivity contribution in [2.24, 2.45) is 0 Å². The van der Waals surface area contributed by atoms with Gasteiger partial charge in [0.15, 0.2) is 0 Å². The minimum Gasteiger partial charge on any atom is -0.354 e. The molecule has 4 rings (SSSR count). The maximum Gasteiger partial charge on any atom is 0.258 e. The molecule has 0 saturated heterocycles. The standard InChI is InChI=1S/C29H33N3O3/c1-3-18-30-28(34)24(4-2)32(20-21-11-6-5-7-12-21)26(33)17-10-19-31-25-16-9-14-22-13-8-15-23(27(22)25)29(31)35/h5-9,11-16,24H,3-4,10,17-20H2,1-2H3,(H,30,34)/t24-/m0/s1.